The fourth-order valence-electron chi connectivity index (χ4n) is 7.83. The van der Waals surface area contributed by atoms with Gasteiger partial charge in [0.25, 0.3) is 11.8 Å². The predicted octanol–water partition coefficient (Wildman–Crippen LogP) is 6.82. The third kappa shape index (κ3) is 9.39. The number of halogens is 2. The zero-order chi connectivity index (χ0) is 46.4. The second kappa shape index (κ2) is 19.3. The van der Waals surface area contributed by atoms with Crippen LogP contribution in [0.1, 0.15) is 20.7 Å². The number of hydrogen-bond acceptors (Lipinski definition) is 12. The van der Waals surface area contributed by atoms with E-state index in [2.05, 4.69) is 51.2 Å². The van der Waals surface area contributed by atoms with Crippen molar-refractivity contribution in [1.82, 2.24) is 35.7 Å². The fourth-order valence-corrected chi connectivity index (χ4v) is 7.83. The van der Waals surface area contributed by atoms with E-state index in [1.807, 2.05) is 29.2 Å². The lowest BCUT2D eigenvalue weighted by Crippen LogP contribution is -2.47. The number of methoxy groups -OCH3 is 2. The van der Waals surface area contributed by atoms with Crippen LogP contribution in [0.25, 0.3) is 44.3 Å². The van der Waals surface area contributed by atoms with E-state index >= 15 is 0 Å². The van der Waals surface area contributed by atoms with E-state index in [0.29, 0.717) is 93.8 Å². The van der Waals surface area contributed by atoms with Crippen LogP contribution in [0.2, 0.25) is 0 Å². The highest BCUT2D eigenvalue weighted by atomic mass is 19.1. The first-order valence-electron chi connectivity index (χ1n) is 21.2. The molecule has 0 radical (unpaired) electrons. The summed E-state index contributed by atoms with van der Waals surface area (Å²) in [5, 5.41) is 23.7. The van der Waals surface area contributed by atoms with Crippen molar-refractivity contribution in [2.24, 2.45) is 0 Å². The van der Waals surface area contributed by atoms with Crippen LogP contribution in [-0.2, 0) is 9.53 Å². The Hall–Kier alpha value is -8.45. The van der Waals surface area contributed by atoms with E-state index in [0.717, 1.165) is 24.5 Å². The van der Waals surface area contributed by atoms with Crippen molar-refractivity contribution in [3.63, 3.8) is 0 Å². The lowest BCUT2D eigenvalue weighted by atomic mass is 10.1. The molecule has 5 N–H and O–H groups in total. The molecule has 0 saturated carbocycles. The maximum Gasteiger partial charge on any atom is 0.256 e. The van der Waals surface area contributed by atoms with Gasteiger partial charge in [-0.25, -0.2) is 8.78 Å². The smallest absolute Gasteiger partial charge is 0.256 e. The van der Waals surface area contributed by atoms with E-state index in [4.69, 9.17) is 14.2 Å². The fraction of sp³-hybridized carbons (Fsp3) is 0.188. The van der Waals surface area contributed by atoms with Crippen LogP contribution < -0.4 is 35.2 Å². The van der Waals surface area contributed by atoms with E-state index in [1.165, 1.54) is 32.5 Å². The van der Waals surface area contributed by atoms with E-state index in [1.54, 1.807) is 66.9 Å². The van der Waals surface area contributed by atoms with Crippen LogP contribution in [0, 0.1) is 11.6 Å². The topological polar surface area (TPSA) is 205 Å². The molecule has 17 nitrogen and oxygen atoms in total. The number of nitrogens with one attached hydrogen (secondary N) is 5. The number of morpholine rings is 1. The number of hydrogen-bond donors (Lipinski definition) is 5. The van der Waals surface area contributed by atoms with Gasteiger partial charge in [0.15, 0.2) is 11.6 Å². The molecule has 0 atom stereocenters. The second-order valence-electron chi connectivity index (χ2n) is 15.4. The monoisotopic (exact) mass is 907 g/mol. The normalized spacial score (nSPS) is 13.7. The molecule has 10 rings (SSSR count). The first-order valence-corrected chi connectivity index (χ1v) is 21.2. The highest BCUT2D eigenvalue weighted by Crippen LogP contribution is 2.35. The van der Waals surface area contributed by atoms with E-state index in [-0.39, 0.29) is 35.4 Å². The van der Waals surface area contributed by atoms with Crippen molar-refractivity contribution in [2.45, 2.75) is 0 Å². The van der Waals surface area contributed by atoms with Gasteiger partial charge in [-0.1, -0.05) is 12.1 Å². The van der Waals surface area contributed by atoms with Gasteiger partial charge < -0.3 is 40.0 Å². The number of nitrogens with zero attached hydrogens (tertiary/aromatic N) is 6. The molecule has 3 amide bonds. The Kier molecular flexibility index (Phi) is 12.6. The molecule has 340 valence electrons. The number of ether oxygens (including phenoxy) is 3. The zero-order valence-electron chi connectivity index (χ0n) is 36.2. The zero-order valence-corrected chi connectivity index (χ0v) is 36.2. The Bertz CT molecular complexity index is 3100. The van der Waals surface area contributed by atoms with E-state index in [9.17, 15) is 23.2 Å². The van der Waals surface area contributed by atoms with Crippen molar-refractivity contribution in [3.8, 4) is 34.0 Å². The number of benzene rings is 4. The molecule has 4 aromatic heterocycles. The average molecular weight is 908 g/mol. The minimum Gasteiger partial charge on any atom is -0.496 e. The number of aromatic nitrogens is 6. The molecule has 2 saturated heterocycles. The van der Waals surface area contributed by atoms with Gasteiger partial charge in [-0.3, -0.25) is 34.5 Å². The summed E-state index contributed by atoms with van der Waals surface area (Å²) in [4.78, 5) is 50.2. The number of pyridine rings is 2. The second-order valence-corrected chi connectivity index (χ2v) is 15.4. The predicted molar refractivity (Wildman–Crippen MR) is 249 cm³/mol. The molecular weight excluding hydrogens is 865 g/mol. The summed E-state index contributed by atoms with van der Waals surface area (Å²) in [5.41, 5.74) is 5.28. The van der Waals surface area contributed by atoms with Gasteiger partial charge in [-0.05, 0) is 84.9 Å². The first kappa shape index (κ1) is 43.8. The molecule has 2 aliphatic rings. The number of fused-ring (bicyclic) bond motifs is 2. The third-order valence-electron chi connectivity index (χ3n) is 11.3. The summed E-state index contributed by atoms with van der Waals surface area (Å²) < 4.78 is 45.0. The highest BCUT2D eigenvalue weighted by molar-refractivity contribution is 6.09. The molecule has 0 spiro atoms. The minimum absolute atomic E-state index is 0.0275. The number of anilines is 4. The molecule has 6 heterocycles. The minimum atomic E-state index is -0.466. The van der Waals surface area contributed by atoms with Gasteiger partial charge in [0.1, 0.15) is 23.1 Å². The molecule has 0 aliphatic carbocycles. The Balaban J connectivity index is 0.000000168. The molecule has 19 heteroatoms. The number of carbonyl (C=O) groups excluding carboxylic acids is 3. The van der Waals surface area contributed by atoms with Crippen LogP contribution in [0.4, 0.5) is 31.8 Å². The van der Waals surface area contributed by atoms with Gasteiger partial charge >= 0.3 is 0 Å². The van der Waals surface area contributed by atoms with Crippen LogP contribution in [-0.4, -0.2) is 108 Å². The summed E-state index contributed by atoms with van der Waals surface area (Å²) in [5.74, 6) is -0.218. The Morgan fingerprint density at radius 3 is 1.60 bits per heavy atom. The van der Waals surface area contributed by atoms with Crippen LogP contribution >= 0.6 is 0 Å². The number of piperazine rings is 1. The lowest BCUT2D eigenvalue weighted by Gasteiger charge is -2.28. The maximum atomic E-state index is 14.5. The Labute approximate surface area is 381 Å². The highest BCUT2D eigenvalue weighted by Gasteiger charge is 2.21. The third-order valence-corrected chi connectivity index (χ3v) is 11.3. The Morgan fingerprint density at radius 2 is 1.13 bits per heavy atom. The van der Waals surface area contributed by atoms with Gasteiger partial charge in [-0.15, -0.1) is 0 Å². The number of carbonyl (C=O) groups is 3. The summed E-state index contributed by atoms with van der Waals surface area (Å²) in [6.45, 7) is 4.63. The summed E-state index contributed by atoms with van der Waals surface area (Å²) in [6, 6.07) is 26.9. The molecule has 0 bridgehead atoms. The SMILES string of the molecule is COc1cccc(F)c1-c1cc2c(NC(=O)c3ccc(N4CCNC(=O)C4)cc3)n[nH]c2cn1.COc1cccc(F)c1-c1cc2c(NC(=O)c3ccc(N4CCOCC4)cc3)n[nH]c2cn1. The van der Waals surface area contributed by atoms with Crippen molar-refractivity contribution < 1.29 is 37.4 Å². The summed E-state index contributed by atoms with van der Waals surface area (Å²) >= 11 is 0. The number of H-pyrrole nitrogens is 2. The van der Waals surface area contributed by atoms with Crippen LogP contribution in [0.5, 0.6) is 11.5 Å². The molecule has 8 aromatic rings. The van der Waals surface area contributed by atoms with Gasteiger partial charge in [0.05, 0.1) is 79.9 Å². The van der Waals surface area contributed by atoms with Crippen molar-refractivity contribution in [1.29, 1.82) is 0 Å². The van der Waals surface area contributed by atoms with Gasteiger partial charge in [-0.2, -0.15) is 10.2 Å². The molecular formula is C48H43F2N11O6. The molecule has 2 fully saturated rings. The van der Waals surface area contributed by atoms with Gasteiger partial charge in [0, 0.05) is 59.5 Å². The quantitative estimate of drug-likeness (QED) is 0.0959. The maximum absolute atomic E-state index is 14.5. The Morgan fingerprint density at radius 1 is 0.657 bits per heavy atom. The average Bonchev–Trinajstić information content (AvgIpc) is 3.96. The van der Waals surface area contributed by atoms with Crippen LogP contribution in [0.3, 0.4) is 0 Å². The van der Waals surface area contributed by atoms with Crippen LogP contribution in [0.15, 0.2) is 109 Å². The van der Waals surface area contributed by atoms with Crippen molar-refractivity contribution in [2.75, 3.05) is 80.6 Å². The van der Waals surface area contributed by atoms with Crippen molar-refractivity contribution >= 4 is 62.5 Å². The summed E-state index contributed by atoms with van der Waals surface area (Å²) in [7, 11) is 2.94. The number of amides is 3. The molecule has 67 heavy (non-hydrogen) atoms. The van der Waals surface area contributed by atoms with E-state index < -0.39 is 11.6 Å². The first-order chi connectivity index (χ1) is 32.7. The molecule has 0 unspecified atom stereocenters. The number of rotatable bonds is 10. The molecule has 4 aromatic carbocycles. The lowest BCUT2D eigenvalue weighted by molar-refractivity contribution is -0.120. The molecule has 2 aliphatic heterocycles. The van der Waals surface area contributed by atoms with Crippen molar-refractivity contribution in [3.05, 3.63) is 132 Å². The number of aromatic amines is 2. The largest absolute Gasteiger partial charge is 0.496 e. The summed E-state index contributed by atoms with van der Waals surface area (Å²) in [6.07, 6.45) is 3.08. The standard InChI is InChI=1S/C24H21FN6O3.C24H22FN5O3/c1-34-20-4-2-3-17(25)22(20)18-11-16-19(12-27-18)29-30-23(16)28-24(33)14-5-7-15(8-6-14)31-10-9-26-21(32)13-31;1-32-21-4-2-3-18(25)22(21)19-13-17-20(14-26-19)28-29-23(17)27-24(31)15-5-7-16(8-6-15)30-9-11-33-12-10-30/h2-8,11-12H,9-10,13H2,1H3,(H,26,32)(H2,28,29,30,33);2-8,13-14H,9-12H2,1H3,(H2,27,28,29,31). The van der Waals surface area contributed by atoms with Gasteiger partial charge in [0.2, 0.25) is 5.91 Å².